The maximum atomic E-state index is 13.3. The number of ketones is 1. The second-order valence-electron chi connectivity index (χ2n) is 7.02. The van der Waals surface area contributed by atoms with Crippen LogP contribution in [0.25, 0.3) is 0 Å². The fraction of sp³-hybridized carbons (Fsp3) is 0.333. The highest BCUT2D eigenvalue weighted by molar-refractivity contribution is 6.09. The van der Waals surface area contributed by atoms with Crippen molar-refractivity contribution in [1.82, 2.24) is 0 Å². The van der Waals surface area contributed by atoms with Crippen LogP contribution in [-0.2, 0) is 11.2 Å². The summed E-state index contributed by atoms with van der Waals surface area (Å²) in [7, 11) is 1.36. The van der Waals surface area contributed by atoms with Crippen molar-refractivity contribution in [3.63, 3.8) is 0 Å². The van der Waals surface area contributed by atoms with Gasteiger partial charge in [-0.05, 0) is 42.2 Å². The minimum atomic E-state index is -0.953. The Hall–Kier alpha value is -2.82. The summed E-state index contributed by atoms with van der Waals surface area (Å²) < 4.78 is 4.93. The summed E-state index contributed by atoms with van der Waals surface area (Å²) in [6, 6.07) is 11.2. The zero-order valence-corrected chi connectivity index (χ0v) is 15.1. The number of carbonyl (C=O) groups is 2. The molecule has 0 N–H and O–H groups in total. The second-order valence-corrected chi connectivity index (χ2v) is 7.02. The van der Waals surface area contributed by atoms with E-state index >= 15 is 0 Å². The van der Waals surface area contributed by atoms with Crippen molar-refractivity contribution in [2.24, 2.45) is 10.2 Å². The third-order valence-corrected chi connectivity index (χ3v) is 5.78. The Labute approximate surface area is 152 Å². The lowest BCUT2D eigenvalue weighted by Gasteiger charge is -2.27. The van der Waals surface area contributed by atoms with Crippen molar-refractivity contribution < 1.29 is 14.3 Å². The van der Waals surface area contributed by atoms with Crippen molar-refractivity contribution in [1.29, 1.82) is 0 Å². The molecule has 0 radical (unpaired) electrons. The van der Waals surface area contributed by atoms with Crippen LogP contribution in [0.15, 0.2) is 46.6 Å². The number of hydrogen-bond donors (Lipinski definition) is 0. The van der Waals surface area contributed by atoms with Gasteiger partial charge in [-0.3, -0.25) is 4.79 Å². The molecule has 1 aliphatic carbocycles. The van der Waals surface area contributed by atoms with Gasteiger partial charge in [0, 0.05) is 17.9 Å². The van der Waals surface area contributed by atoms with Crippen LogP contribution < -0.4 is 0 Å². The summed E-state index contributed by atoms with van der Waals surface area (Å²) in [5.74, 6) is -0.670. The topological polar surface area (TPSA) is 68.1 Å². The van der Waals surface area contributed by atoms with Gasteiger partial charge in [0.1, 0.15) is 0 Å². The Morgan fingerprint density at radius 3 is 2.73 bits per heavy atom. The lowest BCUT2D eigenvalue weighted by molar-refractivity contribution is 0.0597. The molecule has 1 aliphatic heterocycles. The normalized spacial score (nSPS) is 23.5. The van der Waals surface area contributed by atoms with Crippen molar-refractivity contribution in [3.05, 3.63) is 69.8 Å². The van der Waals surface area contributed by atoms with E-state index in [1.54, 1.807) is 12.1 Å². The van der Waals surface area contributed by atoms with E-state index in [9.17, 15) is 9.59 Å². The number of benzene rings is 2. The number of ether oxygens (including phenoxy) is 1. The number of Topliss-reactive ketones (excluding diaryl/α,β-unsaturated/α-hetero) is 1. The lowest BCUT2D eigenvalue weighted by Crippen LogP contribution is -2.39. The van der Waals surface area contributed by atoms with E-state index in [4.69, 9.17) is 4.74 Å². The van der Waals surface area contributed by atoms with Gasteiger partial charge in [0.2, 0.25) is 0 Å². The SMILES string of the molecule is COC(=O)c1ccccc1C1CN=NC12Cc1c(ccc(C)c1C)C2=O. The highest BCUT2D eigenvalue weighted by Crippen LogP contribution is 2.48. The molecule has 2 aliphatic rings. The van der Waals surface area contributed by atoms with Crippen molar-refractivity contribution in [3.8, 4) is 0 Å². The molecule has 132 valence electrons. The third kappa shape index (κ3) is 2.16. The molecule has 0 fully saturated rings. The van der Waals surface area contributed by atoms with E-state index in [0.717, 1.165) is 27.8 Å². The summed E-state index contributed by atoms with van der Waals surface area (Å²) >= 11 is 0. The van der Waals surface area contributed by atoms with Crippen LogP contribution in [0.2, 0.25) is 0 Å². The highest BCUT2D eigenvalue weighted by Gasteiger charge is 2.55. The molecule has 4 rings (SSSR count). The van der Waals surface area contributed by atoms with E-state index < -0.39 is 11.5 Å². The number of azo groups is 1. The molecule has 26 heavy (non-hydrogen) atoms. The van der Waals surface area contributed by atoms with Gasteiger partial charge in [0.25, 0.3) is 0 Å². The number of methoxy groups -OCH3 is 1. The van der Waals surface area contributed by atoms with Crippen molar-refractivity contribution >= 4 is 11.8 Å². The van der Waals surface area contributed by atoms with E-state index in [1.165, 1.54) is 7.11 Å². The molecule has 2 aromatic carbocycles. The highest BCUT2D eigenvalue weighted by atomic mass is 16.5. The Balaban J connectivity index is 1.84. The first kappa shape index (κ1) is 16.6. The third-order valence-electron chi connectivity index (χ3n) is 5.78. The predicted molar refractivity (Wildman–Crippen MR) is 96.9 cm³/mol. The molecule has 5 nitrogen and oxygen atoms in total. The Morgan fingerprint density at radius 1 is 1.19 bits per heavy atom. The molecule has 0 aromatic heterocycles. The Morgan fingerprint density at radius 2 is 1.96 bits per heavy atom. The minimum Gasteiger partial charge on any atom is -0.465 e. The van der Waals surface area contributed by atoms with Crippen LogP contribution in [-0.4, -0.2) is 30.9 Å². The molecule has 1 heterocycles. The monoisotopic (exact) mass is 348 g/mol. The van der Waals surface area contributed by atoms with Gasteiger partial charge < -0.3 is 4.74 Å². The summed E-state index contributed by atoms with van der Waals surface area (Å²) in [4.78, 5) is 25.6. The quantitative estimate of drug-likeness (QED) is 0.775. The Bertz CT molecular complexity index is 964. The molecule has 0 saturated carbocycles. The van der Waals surface area contributed by atoms with Crippen LogP contribution in [0, 0.1) is 13.8 Å². The zero-order chi connectivity index (χ0) is 18.5. The molecular weight excluding hydrogens is 328 g/mol. The van der Waals surface area contributed by atoms with Crippen molar-refractivity contribution in [2.45, 2.75) is 31.7 Å². The first-order valence-corrected chi connectivity index (χ1v) is 8.69. The number of rotatable bonds is 2. The van der Waals surface area contributed by atoms with Gasteiger partial charge in [-0.2, -0.15) is 10.2 Å². The van der Waals surface area contributed by atoms with Crippen LogP contribution in [0.4, 0.5) is 0 Å². The molecule has 0 saturated heterocycles. The molecule has 2 aromatic rings. The number of aryl methyl sites for hydroxylation is 1. The van der Waals surface area contributed by atoms with E-state index in [1.807, 2.05) is 38.1 Å². The molecule has 2 atom stereocenters. The first-order chi connectivity index (χ1) is 12.5. The standard InChI is InChI=1S/C21H20N2O3/c1-12-8-9-15-17(13(12)2)10-21(19(15)24)18(11-22-23-21)14-6-4-5-7-16(14)20(25)26-3/h4-9,18H,10-11H2,1-3H3. The number of fused-ring (bicyclic) bond motifs is 1. The second kappa shape index (κ2) is 5.87. The molecular formula is C21H20N2O3. The summed E-state index contributed by atoms with van der Waals surface area (Å²) in [5.41, 5.74) is 4.38. The fourth-order valence-electron chi connectivity index (χ4n) is 4.18. The number of hydrogen-bond acceptors (Lipinski definition) is 5. The molecule has 1 spiro atoms. The molecule has 5 heteroatoms. The average Bonchev–Trinajstić information content (AvgIpc) is 3.21. The van der Waals surface area contributed by atoms with E-state index in [0.29, 0.717) is 18.5 Å². The molecule has 0 amide bonds. The van der Waals surface area contributed by atoms with Crippen LogP contribution in [0.5, 0.6) is 0 Å². The fourth-order valence-corrected chi connectivity index (χ4v) is 4.18. The van der Waals surface area contributed by atoms with E-state index in [-0.39, 0.29) is 11.7 Å². The number of carbonyl (C=O) groups excluding carboxylic acids is 2. The minimum absolute atomic E-state index is 0.00141. The zero-order valence-electron chi connectivity index (χ0n) is 15.1. The van der Waals surface area contributed by atoms with Crippen LogP contribution in [0.1, 0.15) is 48.9 Å². The Kier molecular flexibility index (Phi) is 3.75. The summed E-state index contributed by atoms with van der Waals surface area (Å²) in [6.45, 7) is 4.49. The smallest absolute Gasteiger partial charge is 0.338 e. The summed E-state index contributed by atoms with van der Waals surface area (Å²) in [5, 5.41) is 8.68. The van der Waals surface area contributed by atoms with E-state index in [2.05, 4.69) is 10.2 Å². The first-order valence-electron chi connectivity index (χ1n) is 8.69. The van der Waals surface area contributed by atoms with Gasteiger partial charge in [-0.1, -0.05) is 30.3 Å². The van der Waals surface area contributed by atoms with Gasteiger partial charge >= 0.3 is 5.97 Å². The van der Waals surface area contributed by atoms with Crippen LogP contribution >= 0.6 is 0 Å². The van der Waals surface area contributed by atoms with Gasteiger partial charge in [-0.15, -0.1) is 0 Å². The maximum Gasteiger partial charge on any atom is 0.338 e. The largest absolute Gasteiger partial charge is 0.465 e. The predicted octanol–water partition coefficient (Wildman–Crippen LogP) is 3.82. The molecule has 2 unspecified atom stereocenters. The van der Waals surface area contributed by atoms with Crippen molar-refractivity contribution in [2.75, 3.05) is 13.7 Å². The summed E-state index contributed by atoms with van der Waals surface area (Å²) in [6.07, 6.45) is 0.526. The average molecular weight is 348 g/mol. The number of esters is 1. The van der Waals surface area contributed by atoms with Gasteiger partial charge in [0.15, 0.2) is 11.3 Å². The number of nitrogens with zero attached hydrogens (tertiary/aromatic N) is 2. The van der Waals surface area contributed by atoms with Gasteiger partial charge in [0.05, 0.1) is 19.2 Å². The van der Waals surface area contributed by atoms with Gasteiger partial charge in [-0.25, -0.2) is 4.79 Å². The van der Waals surface area contributed by atoms with Crippen LogP contribution in [0.3, 0.4) is 0 Å². The molecule has 0 bridgehead atoms. The lowest BCUT2D eigenvalue weighted by atomic mass is 9.76. The maximum absolute atomic E-state index is 13.3.